The van der Waals surface area contributed by atoms with Crippen molar-refractivity contribution in [1.82, 2.24) is 4.57 Å². The Labute approximate surface area is 166 Å². The Kier molecular flexibility index (Phi) is 6.66. The highest BCUT2D eigenvalue weighted by Gasteiger charge is 2.09. The molecule has 0 fully saturated rings. The Morgan fingerprint density at radius 2 is 2.11 bits per heavy atom. The van der Waals surface area contributed by atoms with E-state index in [1.54, 1.807) is 7.11 Å². The van der Waals surface area contributed by atoms with Gasteiger partial charge in [-0.3, -0.25) is 4.79 Å². The molecule has 7 heteroatoms. The Morgan fingerprint density at radius 1 is 1.26 bits per heavy atom. The quantitative estimate of drug-likeness (QED) is 0.558. The minimum atomic E-state index is -0.203. The predicted octanol–water partition coefficient (Wildman–Crippen LogP) is 4.07. The van der Waals surface area contributed by atoms with Gasteiger partial charge in [0.2, 0.25) is 0 Å². The van der Waals surface area contributed by atoms with E-state index in [0.29, 0.717) is 29.6 Å². The first-order valence-corrected chi connectivity index (χ1v) is 9.87. The third-order valence-corrected chi connectivity index (χ3v) is 5.29. The second kappa shape index (κ2) is 9.17. The standard InChI is InChI=1S/C20H21ClN2O3S/c1-3-26-10-9-23-17-8-7-15(21)13-18(17)27-20(23)22-19(24)12-14-5-4-6-16(11-14)25-2/h4-8,11,13H,3,9-10,12H2,1-2H3. The summed E-state index contributed by atoms with van der Waals surface area (Å²) < 4.78 is 13.7. The molecule has 0 spiro atoms. The number of amides is 1. The fourth-order valence-electron chi connectivity index (χ4n) is 2.75. The van der Waals surface area contributed by atoms with E-state index in [0.717, 1.165) is 21.5 Å². The first-order chi connectivity index (χ1) is 13.1. The van der Waals surface area contributed by atoms with Gasteiger partial charge in [-0.05, 0) is 42.8 Å². The summed E-state index contributed by atoms with van der Waals surface area (Å²) in [4.78, 5) is 17.5. The van der Waals surface area contributed by atoms with Crippen LogP contribution in [0.1, 0.15) is 12.5 Å². The van der Waals surface area contributed by atoms with Crippen LogP contribution in [0.25, 0.3) is 10.2 Å². The molecule has 2 aromatic carbocycles. The monoisotopic (exact) mass is 404 g/mol. The number of rotatable bonds is 7. The van der Waals surface area contributed by atoms with E-state index < -0.39 is 0 Å². The summed E-state index contributed by atoms with van der Waals surface area (Å²) in [6.45, 7) is 3.79. The fraction of sp³-hybridized carbons (Fsp3) is 0.300. The third kappa shape index (κ3) is 4.97. The molecule has 142 valence electrons. The van der Waals surface area contributed by atoms with Gasteiger partial charge in [-0.25, -0.2) is 0 Å². The number of carbonyl (C=O) groups is 1. The van der Waals surface area contributed by atoms with E-state index in [1.165, 1.54) is 11.3 Å². The highest BCUT2D eigenvalue weighted by Crippen LogP contribution is 2.22. The largest absolute Gasteiger partial charge is 0.497 e. The summed E-state index contributed by atoms with van der Waals surface area (Å²) in [6, 6.07) is 13.1. The molecule has 0 atom stereocenters. The number of aromatic nitrogens is 1. The van der Waals surface area contributed by atoms with Gasteiger partial charge in [-0.2, -0.15) is 4.99 Å². The molecule has 0 aliphatic rings. The second-order valence-corrected chi connectivity index (χ2v) is 7.32. The molecule has 3 rings (SSSR count). The van der Waals surface area contributed by atoms with Gasteiger partial charge in [0.1, 0.15) is 5.75 Å². The predicted molar refractivity (Wildman–Crippen MR) is 109 cm³/mol. The van der Waals surface area contributed by atoms with Gasteiger partial charge in [0.05, 0.1) is 30.4 Å². The minimum absolute atomic E-state index is 0.203. The zero-order valence-corrected chi connectivity index (χ0v) is 16.8. The van der Waals surface area contributed by atoms with Crippen LogP contribution in [0.3, 0.4) is 0 Å². The summed E-state index contributed by atoms with van der Waals surface area (Å²) in [5.41, 5.74) is 1.87. The maximum atomic E-state index is 12.5. The topological polar surface area (TPSA) is 52.8 Å². The zero-order chi connectivity index (χ0) is 19.2. The van der Waals surface area contributed by atoms with Crippen LogP contribution in [0.4, 0.5) is 0 Å². The maximum Gasteiger partial charge on any atom is 0.252 e. The van der Waals surface area contributed by atoms with Crippen molar-refractivity contribution >= 4 is 39.1 Å². The van der Waals surface area contributed by atoms with Gasteiger partial charge in [0.25, 0.3) is 5.91 Å². The molecule has 27 heavy (non-hydrogen) atoms. The summed E-state index contributed by atoms with van der Waals surface area (Å²) in [5.74, 6) is 0.523. The first kappa shape index (κ1) is 19.6. The lowest BCUT2D eigenvalue weighted by atomic mass is 10.1. The summed E-state index contributed by atoms with van der Waals surface area (Å²) in [6.07, 6.45) is 0.220. The number of methoxy groups -OCH3 is 1. The van der Waals surface area contributed by atoms with Gasteiger partial charge >= 0.3 is 0 Å². The van der Waals surface area contributed by atoms with Crippen molar-refractivity contribution in [2.24, 2.45) is 4.99 Å². The fourth-order valence-corrected chi connectivity index (χ4v) is 4.10. The lowest BCUT2D eigenvalue weighted by Crippen LogP contribution is -2.20. The van der Waals surface area contributed by atoms with Crippen molar-refractivity contribution in [3.8, 4) is 5.75 Å². The van der Waals surface area contributed by atoms with Crippen LogP contribution in [-0.4, -0.2) is 30.8 Å². The number of carbonyl (C=O) groups excluding carboxylic acids is 1. The molecule has 1 amide bonds. The molecular formula is C20H21ClN2O3S. The van der Waals surface area contributed by atoms with E-state index in [-0.39, 0.29) is 12.3 Å². The molecule has 0 unspecified atom stereocenters. The molecule has 0 aliphatic heterocycles. The van der Waals surface area contributed by atoms with Crippen LogP contribution >= 0.6 is 22.9 Å². The molecule has 0 saturated heterocycles. The van der Waals surface area contributed by atoms with E-state index >= 15 is 0 Å². The third-order valence-electron chi connectivity index (χ3n) is 4.02. The van der Waals surface area contributed by atoms with Crippen LogP contribution in [0, 0.1) is 0 Å². The highest BCUT2D eigenvalue weighted by atomic mass is 35.5. The number of nitrogens with zero attached hydrogens (tertiary/aromatic N) is 2. The summed E-state index contributed by atoms with van der Waals surface area (Å²) in [7, 11) is 1.61. The van der Waals surface area contributed by atoms with Gasteiger partial charge in [-0.1, -0.05) is 35.1 Å². The molecule has 3 aromatic rings. The molecule has 0 saturated carbocycles. The van der Waals surface area contributed by atoms with Crippen molar-refractivity contribution in [3.63, 3.8) is 0 Å². The summed E-state index contributed by atoms with van der Waals surface area (Å²) >= 11 is 7.57. The van der Waals surface area contributed by atoms with Crippen molar-refractivity contribution in [1.29, 1.82) is 0 Å². The van der Waals surface area contributed by atoms with Crippen LogP contribution in [-0.2, 0) is 22.5 Å². The molecule has 0 aliphatic carbocycles. The van der Waals surface area contributed by atoms with Crippen LogP contribution < -0.4 is 9.54 Å². The Hall–Kier alpha value is -2.15. The Balaban J connectivity index is 1.92. The van der Waals surface area contributed by atoms with Gasteiger partial charge in [0.15, 0.2) is 4.80 Å². The number of fused-ring (bicyclic) bond motifs is 1. The molecule has 1 heterocycles. The number of halogens is 1. The lowest BCUT2D eigenvalue weighted by Gasteiger charge is -2.05. The zero-order valence-electron chi connectivity index (χ0n) is 15.3. The van der Waals surface area contributed by atoms with E-state index in [4.69, 9.17) is 21.1 Å². The molecule has 5 nitrogen and oxygen atoms in total. The Morgan fingerprint density at radius 3 is 2.89 bits per heavy atom. The van der Waals surface area contributed by atoms with Crippen LogP contribution in [0.2, 0.25) is 5.02 Å². The number of hydrogen-bond acceptors (Lipinski definition) is 4. The van der Waals surface area contributed by atoms with Crippen molar-refractivity contribution in [2.45, 2.75) is 19.9 Å². The Bertz CT molecular complexity index is 1010. The van der Waals surface area contributed by atoms with E-state index in [1.807, 2.05) is 54.0 Å². The normalized spacial score (nSPS) is 11.9. The van der Waals surface area contributed by atoms with E-state index in [9.17, 15) is 4.79 Å². The average molecular weight is 405 g/mol. The second-order valence-electron chi connectivity index (χ2n) is 5.88. The number of hydrogen-bond donors (Lipinski definition) is 0. The number of thiazole rings is 1. The molecular weight excluding hydrogens is 384 g/mol. The molecule has 0 N–H and O–H groups in total. The van der Waals surface area contributed by atoms with Crippen molar-refractivity contribution in [3.05, 3.63) is 57.9 Å². The van der Waals surface area contributed by atoms with Crippen molar-refractivity contribution < 1.29 is 14.3 Å². The average Bonchev–Trinajstić information content (AvgIpc) is 2.98. The van der Waals surface area contributed by atoms with Gasteiger partial charge < -0.3 is 14.0 Å². The SMILES string of the molecule is CCOCCn1c(=NC(=O)Cc2cccc(OC)c2)sc2cc(Cl)ccc21. The molecule has 1 aromatic heterocycles. The number of ether oxygens (including phenoxy) is 2. The first-order valence-electron chi connectivity index (χ1n) is 8.68. The van der Waals surface area contributed by atoms with Crippen LogP contribution in [0.15, 0.2) is 47.5 Å². The summed E-state index contributed by atoms with van der Waals surface area (Å²) in [5, 5.41) is 0.662. The number of benzene rings is 2. The highest BCUT2D eigenvalue weighted by molar-refractivity contribution is 7.16. The lowest BCUT2D eigenvalue weighted by molar-refractivity contribution is -0.117. The van der Waals surface area contributed by atoms with Gasteiger partial charge in [-0.15, -0.1) is 0 Å². The smallest absolute Gasteiger partial charge is 0.252 e. The molecule has 0 bridgehead atoms. The molecule has 0 radical (unpaired) electrons. The van der Waals surface area contributed by atoms with Crippen molar-refractivity contribution in [2.75, 3.05) is 20.3 Å². The maximum absolute atomic E-state index is 12.5. The van der Waals surface area contributed by atoms with Gasteiger partial charge in [0, 0.05) is 18.2 Å². The van der Waals surface area contributed by atoms with Crippen LogP contribution in [0.5, 0.6) is 5.75 Å². The van der Waals surface area contributed by atoms with E-state index in [2.05, 4.69) is 4.99 Å². The minimum Gasteiger partial charge on any atom is -0.497 e.